The van der Waals surface area contributed by atoms with Crippen molar-refractivity contribution in [2.75, 3.05) is 6.54 Å². The molecule has 0 bridgehead atoms. The van der Waals surface area contributed by atoms with Gasteiger partial charge in [0.15, 0.2) is 0 Å². The van der Waals surface area contributed by atoms with Crippen LogP contribution in [0.1, 0.15) is 25.7 Å². The van der Waals surface area contributed by atoms with Crippen LogP contribution < -0.4 is 5.73 Å². The van der Waals surface area contributed by atoms with Gasteiger partial charge in [0.25, 0.3) is 0 Å². The summed E-state index contributed by atoms with van der Waals surface area (Å²) in [6.45, 7) is 0.666. The van der Waals surface area contributed by atoms with Crippen LogP contribution in [0.25, 0.3) is 0 Å². The SMILES string of the molecule is NCCCCCC(=O)O.[CaH2]. The Balaban J connectivity index is 0. The molecule has 0 fully saturated rings. The summed E-state index contributed by atoms with van der Waals surface area (Å²) in [5.41, 5.74) is 5.20. The minimum absolute atomic E-state index is 0. The third-order valence-corrected chi connectivity index (χ3v) is 1.09. The summed E-state index contributed by atoms with van der Waals surface area (Å²) in [5, 5.41) is 8.18. The molecule has 0 rings (SSSR count). The molecule has 0 saturated heterocycles. The maximum atomic E-state index is 9.93. The van der Waals surface area contributed by atoms with Gasteiger partial charge in [0, 0.05) is 6.42 Å². The third kappa shape index (κ3) is 11.5. The first-order chi connectivity index (χ1) is 4.27. The van der Waals surface area contributed by atoms with Gasteiger partial charge in [-0.25, -0.2) is 0 Å². The molecule has 3 N–H and O–H groups in total. The molecular formula is C6H15CaNO2. The average molecular weight is 173 g/mol. The second-order valence-electron chi connectivity index (χ2n) is 1.99. The summed E-state index contributed by atoms with van der Waals surface area (Å²) < 4.78 is 0. The van der Waals surface area contributed by atoms with E-state index in [1.807, 2.05) is 0 Å². The number of hydrogen-bond donors (Lipinski definition) is 2. The number of aliphatic carboxylic acids is 1. The third-order valence-electron chi connectivity index (χ3n) is 1.09. The van der Waals surface area contributed by atoms with Crippen molar-refractivity contribution in [1.29, 1.82) is 0 Å². The van der Waals surface area contributed by atoms with Crippen LogP contribution in [0.2, 0.25) is 0 Å². The van der Waals surface area contributed by atoms with E-state index in [-0.39, 0.29) is 44.2 Å². The van der Waals surface area contributed by atoms with E-state index < -0.39 is 5.97 Å². The molecule has 0 spiro atoms. The van der Waals surface area contributed by atoms with Crippen LogP contribution >= 0.6 is 0 Å². The molecule has 0 heterocycles. The number of nitrogens with two attached hydrogens (primary N) is 1. The van der Waals surface area contributed by atoms with Gasteiger partial charge in [-0.2, -0.15) is 0 Å². The van der Waals surface area contributed by atoms with Gasteiger partial charge in [-0.05, 0) is 19.4 Å². The zero-order chi connectivity index (χ0) is 7.11. The fourth-order valence-electron chi connectivity index (χ4n) is 0.597. The normalized spacial score (nSPS) is 8.50. The van der Waals surface area contributed by atoms with Crippen molar-refractivity contribution in [3.05, 3.63) is 0 Å². The number of rotatable bonds is 5. The van der Waals surface area contributed by atoms with Gasteiger partial charge < -0.3 is 10.8 Å². The van der Waals surface area contributed by atoms with E-state index >= 15 is 0 Å². The molecular weight excluding hydrogens is 158 g/mol. The zero-order valence-corrected chi connectivity index (χ0v) is 5.47. The molecule has 0 amide bonds. The molecule has 58 valence electrons. The Kier molecular flexibility index (Phi) is 12.9. The molecule has 0 aliphatic carbocycles. The molecule has 0 atom stereocenters. The Morgan fingerprint density at radius 2 is 1.90 bits per heavy atom. The molecule has 0 saturated carbocycles. The van der Waals surface area contributed by atoms with E-state index in [0.29, 0.717) is 6.54 Å². The predicted octanol–water partition coefficient (Wildman–Crippen LogP) is -0.326. The second kappa shape index (κ2) is 9.69. The van der Waals surface area contributed by atoms with Crippen LogP contribution in [0.5, 0.6) is 0 Å². The van der Waals surface area contributed by atoms with Gasteiger partial charge in [-0.1, -0.05) is 6.42 Å². The first kappa shape index (κ1) is 13.3. The van der Waals surface area contributed by atoms with E-state index in [1.54, 1.807) is 0 Å². The van der Waals surface area contributed by atoms with Crippen molar-refractivity contribution in [3.8, 4) is 0 Å². The molecule has 0 aliphatic rings. The van der Waals surface area contributed by atoms with Gasteiger partial charge in [0.2, 0.25) is 0 Å². The van der Waals surface area contributed by atoms with Crippen molar-refractivity contribution in [3.63, 3.8) is 0 Å². The Hall–Kier alpha value is 0.690. The van der Waals surface area contributed by atoms with Crippen LogP contribution in [-0.4, -0.2) is 55.4 Å². The van der Waals surface area contributed by atoms with Crippen molar-refractivity contribution >= 4 is 43.7 Å². The predicted molar refractivity (Wildman–Crippen MR) is 43.7 cm³/mol. The molecule has 0 radical (unpaired) electrons. The number of unbranched alkanes of at least 4 members (excludes halogenated alkanes) is 2. The summed E-state index contributed by atoms with van der Waals surface area (Å²) in [4.78, 5) is 9.93. The van der Waals surface area contributed by atoms with Crippen LogP contribution in [-0.2, 0) is 4.79 Å². The van der Waals surface area contributed by atoms with Gasteiger partial charge in [-0.3, -0.25) is 4.79 Å². The van der Waals surface area contributed by atoms with Gasteiger partial charge in [0.05, 0.1) is 0 Å². The molecule has 0 aromatic heterocycles. The van der Waals surface area contributed by atoms with Gasteiger partial charge in [0.1, 0.15) is 0 Å². The fraction of sp³-hybridized carbons (Fsp3) is 0.833. The van der Waals surface area contributed by atoms with E-state index in [2.05, 4.69) is 0 Å². The minimum atomic E-state index is -0.716. The van der Waals surface area contributed by atoms with Gasteiger partial charge in [-0.15, -0.1) is 0 Å². The van der Waals surface area contributed by atoms with Crippen molar-refractivity contribution < 1.29 is 9.90 Å². The Bertz CT molecular complexity index is 87.8. The van der Waals surface area contributed by atoms with E-state index in [4.69, 9.17) is 10.8 Å². The molecule has 0 aliphatic heterocycles. The van der Waals surface area contributed by atoms with Crippen molar-refractivity contribution in [2.45, 2.75) is 25.7 Å². The van der Waals surface area contributed by atoms with Crippen LogP contribution in [0, 0.1) is 0 Å². The molecule has 4 heteroatoms. The van der Waals surface area contributed by atoms with Crippen LogP contribution in [0.3, 0.4) is 0 Å². The van der Waals surface area contributed by atoms with Crippen molar-refractivity contribution in [2.24, 2.45) is 5.73 Å². The molecule has 0 aromatic rings. The summed E-state index contributed by atoms with van der Waals surface area (Å²) in [5.74, 6) is -0.716. The molecule has 3 nitrogen and oxygen atoms in total. The molecule has 0 aromatic carbocycles. The number of carbonyl (C=O) groups is 1. The molecule has 10 heavy (non-hydrogen) atoms. The Morgan fingerprint density at radius 3 is 2.30 bits per heavy atom. The maximum absolute atomic E-state index is 9.93. The summed E-state index contributed by atoms with van der Waals surface area (Å²) >= 11 is 0. The molecule has 0 unspecified atom stereocenters. The van der Waals surface area contributed by atoms with E-state index in [0.717, 1.165) is 19.3 Å². The van der Waals surface area contributed by atoms with Crippen LogP contribution in [0.15, 0.2) is 0 Å². The average Bonchev–Trinajstić information content (AvgIpc) is 1.80. The standard InChI is InChI=1S/C6H13NO2.Ca.2H/c7-5-3-1-2-4-6(8)9;;;/h1-5,7H2,(H,8,9);;;. The summed E-state index contributed by atoms with van der Waals surface area (Å²) in [6, 6.07) is 0. The second-order valence-corrected chi connectivity index (χ2v) is 1.99. The van der Waals surface area contributed by atoms with E-state index in [9.17, 15) is 4.79 Å². The Morgan fingerprint density at radius 1 is 1.30 bits per heavy atom. The first-order valence-electron chi connectivity index (χ1n) is 3.19. The number of carboxylic acids is 1. The summed E-state index contributed by atoms with van der Waals surface area (Å²) in [7, 11) is 0. The number of carboxylic acid groups (broad SMARTS) is 1. The number of hydrogen-bond acceptors (Lipinski definition) is 2. The first-order valence-corrected chi connectivity index (χ1v) is 3.19. The summed E-state index contributed by atoms with van der Waals surface area (Å²) in [6.07, 6.45) is 2.91. The monoisotopic (exact) mass is 173 g/mol. The van der Waals surface area contributed by atoms with E-state index in [1.165, 1.54) is 0 Å². The topological polar surface area (TPSA) is 63.3 Å². The van der Waals surface area contributed by atoms with Crippen LogP contribution in [0.4, 0.5) is 0 Å². The van der Waals surface area contributed by atoms with Gasteiger partial charge >= 0.3 is 43.7 Å². The quantitative estimate of drug-likeness (QED) is 0.442. The Labute approximate surface area is 91.0 Å². The fourth-order valence-corrected chi connectivity index (χ4v) is 0.597. The zero-order valence-electron chi connectivity index (χ0n) is 5.47. The van der Waals surface area contributed by atoms with Crippen molar-refractivity contribution in [1.82, 2.24) is 0 Å².